The first-order valence-corrected chi connectivity index (χ1v) is 6.16. The third-order valence-corrected chi connectivity index (χ3v) is 3.63. The molecule has 0 saturated carbocycles. The van der Waals surface area contributed by atoms with E-state index in [4.69, 9.17) is 5.11 Å². The van der Waals surface area contributed by atoms with Crippen LogP contribution in [0.2, 0.25) is 0 Å². The highest BCUT2D eigenvalue weighted by Crippen LogP contribution is 2.33. The van der Waals surface area contributed by atoms with Crippen LogP contribution in [-0.4, -0.2) is 26.3 Å². The number of nitrogens with one attached hydrogen (secondary N) is 1. The Morgan fingerprint density at radius 1 is 1.44 bits per heavy atom. The van der Waals surface area contributed by atoms with E-state index < -0.39 is 5.97 Å². The van der Waals surface area contributed by atoms with E-state index in [1.807, 2.05) is 19.1 Å². The van der Waals surface area contributed by atoms with E-state index in [1.54, 1.807) is 11.6 Å². The van der Waals surface area contributed by atoms with Crippen LogP contribution in [0.5, 0.6) is 0 Å². The van der Waals surface area contributed by atoms with Crippen LogP contribution in [0.25, 0.3) is 21.5 Å². The average molecular weight is 259 g/mol. The third kappa shape index (κ3) is 1.58. The van der Waals surface area contributed by atoms with Gasteiger partial charge in [-0.15, -0.1) is 11.3 Å². The molecule has 1 aromatic carbocycles. The molecule has 0 bridgehead atoms. The van der Waals surface area contributed by atoms with E-state index in [0.717, 1.165) is 22.0 Å². The number of thiazole rings is 1. The number of rotatable bonds is 2. The maximum atomic E-state index is 10.9. The second-order valence-electron chi connectivity index (χ2n) is 3.93. The highest BCUT2D eigenvalue weighted by molar-refractivity contribution is 7.13. The number of fused-ring (bicyclic) bond motifs is 1. The van der Waals surface area contributed by atoms with Gasteiger partial charge in [-0.1, -0.05) is 6.07 Å². The summed E-state index contributed by atoms with van der Waals surface area (Å²) >= 11 is 1.33. The number of hydrogen-bond donors (Lipinski definition) is 2. The Balaban J connectivity index is 2.26. The maximum Gasteiger partial charge on any atom is 0.355 e. The topological polar surface area (TPSA) is 78.9 Å². The van der Waals surface area contributed by atoms with Crippen LogP contribution in [-0.2, 0) is 0 Å². The number of benzene rings is 1. The van der Waals surface area contributed by atoms with Gasteiger partial charge >= 0.3 is 5.97 Å². The van der Waals surface area contributed by atoms with Gasteiger partial charge in [-0.05, 0) is 18.6 Å². The monoisotopic (exact) mass is 259 g/mol. The predicted octanol–water partition coefficient (Wildman–Crippen LogP) is 2.69. The van der Waals surface area contributed by atoms with Crippen molar-refractivity contribution in [2.24, 2.45) is 0 Å². The number of H-pyrrole nitrogens is 1. The van der Waals surface area contributed by atoms with Crippen LogP contribution in [0.3, 0.4) is 0 Å². The Labute approximate surface area is 106 Å². The highest BCUT2D eigenvalue weighted by atomic mass is 32.1. The van der Waals surface area contributed by atoms with Gasteiger partial charge in [0.05, 0.1) is 11.7 Å². The lowest BCUT2D eigenvalue weighted by molar-refractivity contribution is 0.0691. The summed E-state index contributed by atoms with van der Waals surface area (Å²) in [7, 11) is 0. The van der Waals surface area contributed by atoms with E-state index in [9.17, 15) is 4.79 Å². The number of hydrogen-bond acceptors (Lipinski definition) is 4. The van der Waals surface area contributed by atoms with Gasteiger partial charge in [0.2, 0.25) is 0 Å². The fourth-order valence-corrected chi connectivity index (χ4v) is 2.81. The van der Waals surface area contributed by atoms with Gasteiger partial charge in [0.1, 0.15) is 5.01 Å². The second-order valence-corrected chi connectivity index (χ2v) is 4.79. The SMILES string of the molecule is Cc1ccc2[nH]ncc2c1-c1nc(C(=O)O)cs1. The minimum Gasteiger partial charge on any atom is -0.476 e. The molecular formula is C12H9N3O2S. The van der Waals surface area contributed by atoms with Crippen molar-refractivity contribution in [3.63, 3.8) is 0 Å². The Kier molecular flexibility index (Phi) is 2.38. The summed E-state index contributed by atoms with van der Waals surface area (Å²) in [5.74, 6) is -1.01. The quantitative estimate of drug-likeness (QED) is 0.741. The minimum absolute atomic E-state index is 0.0786. The molecule has 18 heavy (non-hydrogen) atoms. The van der Waals surface area contributed by atoms with Crippen LogP contribution < -0.4 is 0 Å². The lowest BCUT2D eigenvalue weighted by atomic mass is 10.1. The van der Waals surface area contributed by atoms with Crippen LogP contribution in [0.15, 0.2) is 23.7 Å². The van der Waals surface area contributed by atoms with Crippen molar-refractivity contribution in [1.82, 2.24) is 15.2 Å². The molecule has 3 rings (SSSR count). The zero-order chi connectivity index (χ0) is 12.7. The molecule has 2 heterocycles. The first kappa shape index (κ1) is 10.9. The number of nitrogens with zero attached hydrogens (tertiary/aromatic N) is 2. The highest BCUT2D eigenvalue weighted by Gasteiger charge is 2.15. The standard InChI is InChI=1S/C12H9N3O2S/c1-6-2-3-8-7(4-13-15-8)10(6)11-14-9(5-18-11)12(16)17/h2-5H,1H3,(H,13,15)(H,16,17). The summed E-state index contributed by atoms with van der Waals surface area (Å²) < 4.78 is 0. The first-order valence-electron chi connectivity index (χ1n) is 5.28. The van der Waals surface area contributed by atoms with E-state index >= 15 is 0 Å². The largest absolute Gasteiger partial charge is 0.476 e. The van der Waals surface area contributed by atoms with Crippen molar-refractivity contribution < 1.29 is 9.90 Å². The number of aromatic carboxylic acids is 1. The predicted molar refractivity (Wildman–Crippen MR) is 68.9 cm³/mol. The molecule has 0 aliphatic heterocycles. The molecule has 0 aliphatic carbocycles. The molecule has 0 saturated heterocycles. The van der Waals surface area contributed by atoms with Gasteiger partial charge < -0.3 is 5.11 Å². The summed E-state index contributed by atoms with van der Waals surface area (Å²) in [4.78, 5) is 15.0. The van der Waals surface area contributed by atoms with E-state index in [0.29, 0.717) is 5.01 Å². The molecule has 5 nitrogen and oxygen atoms in total. The number of aromatic nitrogens is 3. The minimum atomic E-state index is -1.01. The molecule has 0 amide bonds. The van der Waals surface area contributed by atoms with Crippen molar-refractivity contribution in [1.29, 1.82) is 0 Å². The number of aromatic amines is 1. The van der Waals surface area contributed by atoms with Gasteiger partial charge in [0.15, 0.2) is 5.69 Å². The van der Waals surface area contributed by atoms with E-state index in [-0.39, 0.29) is 5.69 Å². The summed E-state index contributed by atoms with van der Waals surface area (Å²) in [5.41, 5.74) is 2.99. The molecule has 0 spiro atoms. The average Bonchev–Trinajstić information content (AvgIpc) is 2.95. The lowest BCUT2D eigenvalue weighted by Gasteiger charge is -2.03. The van der Waals surface area contributed by atoms with Crippen LogP contribution >= 0.6 is 11.3 Å². The van der Waals surface area contributed by atoms with Gasteiger partial charge in [-0.2, -0.15) is 5.10 Å². The molecule has 90 valence electrons. The zero-order valence-electron chi connectivity index (χ0n) is 9.47. The van der Waals surface area contributed by atoms with Crippen molar-refractivity contribution >= 4 is 28.2 Å². The molecule has 0 aliphatic rings. The van der Waals surface area contributed by atoms with Gasteiger partial charge in [-0.3, -0.25) is 5.10 Å². The molecule has 3 aromatic rings. The number of aryl methyl sites for hydroxylation is 1. The molecule has 0 fully saturated rings. The van der Waals surface area contributed by atoms with E-state index in [2.05, 4.69) is 15.2 Å². The summed E-state index contributed by atoms with van der Waals surface area (Å²) in [6, 6.07) is 3.92. The molecule has 0 unspecified atom stereocenters. The second kappa shape index (κ2) is 3.92. The Morgan fingerprint density at radius 2 is 2.28 bits per heavy atom. The number of carboxylic acid groups (broad SMARTS) is 1. The zero-order valence-corrected chi connectivity index (χ0v) is 10.3. The fourth-order valence-electron chi connectivity index (χ4n) is 1.90. The van der Waals surface area contributed by atoms with Crippen molar-refractivity contribution in [2.45, 2.75) is 6.92 Å². The van der Waals surface area contributed by atoms with Crippen LogP contribution in [0.1, 0.15) is 16.1 Å². The fraction of sp³-hybridized carbons (Fsp3) is 0.0833. The molecule has 2 aromatic heterocycles. The normalized spacial score (nSPS) is 10.9. The van der Waals surface area contributed by atoms with Crippen molar-refractivity contribution in [3.8, 4) is 10.6 Å². The van der Waals surface area contributed by atoms with Crippen molar-refractivity contribution in [3.05, 3.63) is 35.0 Å². The number of carbonyl (C=O) groups is 1. The van der Waals surface area contributed by atoms with E-state index in [1.165, 1.54) is 11.3 Å². The molecule has 2 N–H and O–H groups in total. The molecule has 6 heteroatoms. The maximum absolute atomic E-state index is 10.9. The molecular weight excluding hydrogens is 250 g/mol. The summed E-state index contributed by atoms with van der Waals surface area (Å²) in [6.45, 7) is 1.98. The third-order valence-electron chi connectivity index (χ3n) is 2.77. The van der Waals surface area contributed by atoms with Gasteiger partial charge in [-0.25, -0.2) is 9.78 Å². The summed E-state index contributed by atoms with van der Waals surface area (Å²) in [5, 5.41) is 19.0. The van der Waals surface area contributed by atoms with Crippen LogP contribution in [0, 0.1) is 6.92 Å². The Hall–Kier alpha value is -2.21. The smallest absolute Gasteiger partial charge is 0.355 e. The number of carboxylic acids is 1. The van der Waals surface area contributed by atoms with Crippen LogP contribution in [0.4, 0.5) is 0 Å². The Morgan fingerprint density at radius 3 is 3.00 bits per heavy atom. The van der Waals surface area contributed by atoms with Crippen molar-refractivity contribution in [2.75, 3.05) is 0 Å². The van der Waals surface area contributed by atoms with Gasteiger partial charge in [0, 0.05) is 16.3 Å². The van der Waals surface area contributed by atoms with Gasteiger partial charge in [0.25, 0.3) is 0 Å². The summed E-state index contributed by atoms with van der Waals surface area (Å²) in [6.07, 6.45) is 1.74. The molecule has 0 radical (unpaired) electrons. The first-order chi connectivity index (χ1) is 8.66. The molecule has 0 atom stereocenters. The Bertz CT molecular complexity index is 745. The lowest BCUT2D eigenvalue weighted by Crippen LogP contribution is -1.96.